The molecule has 0 aromatic carbocycles. The highest BCUT2D eigenvalue weighted by Crippen LogP contribution is 2.20. The molecule has 2 atom stereocenters. The Hall–Kier alpha value is -4.31. The number of esters is 2. The highest BCUT2D eigenvalue weighted by molar-refractivity contribution is 5.71. The molecule has 0 aliphatic carbocycles. The Bertz CT molecular complexity index is 2140. The monoisotopic (exact) mass is 1450 g/mol. The minimum Gasteiger partial charge on any atom is -0.477 e. The molecule has 0 saturated carbocycles. The summed E-state index contributed by atoms with van der Waals surface area (Å²) in [7, 11) is 5.99. The quantitative estimate of drug-likeness (QED) is 0.0211. The van der Waals surface area contributed by atoms with Crippen LogP contribution in [-0.2, 0) is 33.3 Å². The molecular formula is C95H168NO8+. The van der Waals surface area contributed by atoms with E-state index in [-0.39, 0.29) is 32.2 Å². The van der Waals surface area contributed by atoms with Crippen molar-refractivity contribution in [3.05, 3.63) is 122 Å². The minimum absolute atomic E-state index is 0.184. The average Bonchev–Trinajstić information content (AvgIpc) is 0.971. The van der Waals surface area contributed by atoms with E-state index in [4.69, 9.17) is 18.9 Å². The van der Waals surface area contributed by atoms with E-state index in [2.05, 4.69) is 135 Å². The van der Waals surface area contributed by atoms with Crippen molar-refractivity contribution in [3.8, 4) is 0 Å². The van der Waals surface area contributed by atoms with Gasteiger partial charge in [0.05, 0.1) is 34.4 Å². The number of hydrogen-bond acceptors (Lipinski definition) is 7. The molecule has 2 unspecified atom stereocenters. The Kier molecular flexibility index (Phi) is 80.8. The smallest absolute Gasteiger partial charge is 0.361 e. The van der Waals surface area contributed by atoms with Gasteiger partial charge in [0.25, 0.3) is 6.29 Å². The molecule has 0 amide bonds. The SMILES string of the molecule is CC/C=C\C/C=C\C/C=C\C/C=C\C/C=C\C/C=C\C/C=C\C/C=C\C/C=C\C/C=C\CCCCCCCCCCCCC(=O)OC(COC(=O)CCCCCCCCCCCCCCCCCCCCCCCCCCCCCCCCCCCCCCCC)COC(OCC[N+](C)(C)C)C(=O)O. The fourth-order valence-electron chi connectivity index (χ4n) is 12.8. The third kappa shape index (κ3) is 84.9. The molecule has 0 aromatic heterocycles. The van der Waals surface area contributed by atoms with Gasteiger partial charge in [-0.1, -0.05) is 424 Å². The van der Waals surface area contributed by atoms with Crippen LogP contribution in [0.4, 0.5) is 0 Å². The minimum atomic E-state index is -1.52. The van der Waals surface area contributed by atoms with E-state index in [1.807, 2.05) is 21.1 Å². The molecule has 0 rings (SSSR count). The van der Waals surface area contributed by atoms with E-state index < -0.39 is 24.3 Å². The maximum absolute atomic E-state index is 13.0. The Labute approximate surface area is 644 Å². The molecule has 0 saturated heterocycles. The number of quaternary nitrogens is 1. The van der Waals surface area contributed by atoms with Crippen molar-refractivity contribution in [1.29, 1.82) is 0 Å². The van der Waals surface area contributed by atoms with E-state index in [1.165, 1.54) is 263 Å². The molecule has 0 aromatic rings. The summed E-state index contributed by atoms with van der Waals surface area (Å²) in [5.74, 6) is -2.00. The Morgan fingerprint density at radius 3 is 0.817 bits per heavy atom. The maximum atomic E-state index is 13.0. The van der Waals surface area contributed by atoms with Gasteiger partial charge in [0.15, 0.2) is 6.10 Å². The van der Waals surface area contributed by atoms with Crippen molar-refractivity contribution in [2.75, 3.05) is 47.5 Å². The second-order valence-electron chi connectivity index (χ2n) is 30.8. The summed E-state index contributed by atoms with van der Waals surface area (Å²) < 4.78 is 23.1. The van der Waals surface area contributed by atoms with Crippen LogP contribution in [0.15, 0.2) is 122 Å². The van der Waals surface area contributed by atoms with Gasteiger partial charge >= 0.3 is 17.9 Å². The molecule has 9 heteroatoms. The van der Waals surface area contributed by atoms with Gasteiger partial charge in [-0.05, 0) is 89.9 Å². The number of unbranched alkanes of at least 4 members (excludes halogenated alkanes) is 47. The van der Waals surface area contributed by atoms with E-state index >= 15 is 0 Å². The van der Waals surface area contributed by atoms with Gasteiger partial charge in [-0.15, -0.1) is 0 Å². The van der Waals surface area contributed by atoms with E-state index in [0.29, 0.717) is 23.9 Å². The van der Waals surface area contributed by atoms with Crippen molar-refractivity contribution >= 4 is 17.9 Å². The number of nitrogens with zero attached hydrogens (tertiary/aromatic N) is 1. The first-order valence-electron chi connectivity index (χ1n) is 44.2. The molecule has 0 fully saturated rings. The van der Waals surface area contributed by atoms with Crippen LogP contribution in [0.2, 0.25) is 0 Å². The molecule has 0 aliphatic rings. The highest BCUT2D eigenvalue weighted by Gasteiger charge is 2.25. The van der Waals surface area contributed by atoms with Gasteiger partial charge < -0.3 is 28.5 Å². The zero-order valence-corrected chi connectivity index (χ0v) is 68.9. The van der Waals surface area contributed by atoms with Gasteiger partial charge in [0.1, 0.15) is 13.2 Å². The van der Waals surface area contributed by atoms with Crippen LogP contribution < -0.4 is 0 Å². The third-order valence-corrected chi connectivity index (χ3v) is 19.5. The van der Waals surface area contributed by atoms with Crippen molar-refractivity contribution in [3.63, 3.8) is 0 Å². The Morgan fingerprint density at radius 2 is 0.548 bits per heavy atom. The number of carbonyl (C=O) groups excluding carboxylic acids is 2. The maximum Gasteiger partial charge on any atom is 0.361 e. The molecule has 0 radical (unpaired) electrons. The number of hydrogen-bond donors (Lipinski definition) is 1. The van der Waals surface area contributed by atoms with Gasteiger partial charge in [-0.2, -0.15) is 0 Å². The van der Waals surface area contributed by atoms with Gasteiger partial charge in [0.2, 0.25) is 0 Å². The molecule has 0 spiro atoms. The summed E-state index contributed by atoms with van der Waals surface area (Å²) in [6.07, 6.45) is 118. The average molecular weight is 1450 g/mol. The lowest BCUT2D eigenvalue weighted by Crippen LogP contribution is -2.40. The molecular weight excluding hydrogens is 1280 g/mol. The lowest BCUT2D eigenvalue weighted by Gasteiger charge is -2.25. The zero-order valence-electron chi connectivity index (χ0n) is 68.9. The second-order valence-corrected chi connectivity index (χ2v) is 30.8. The lowest BCUT2D eigenvalue weighted by atomic mass is 10.0. The van der Waals surface area contributed by atoms with Crippen molar-refractivity contribution in [2.45, 2.75) is 418 Å². The fraction of sp³-hybridized carbons (Fsp3) is 0.758. The summed E-state index contributed by atoms with van der Waals surface area (Å²) in [6, 6.07) is 0. The van der Waals surface area contributed by atoms with Crippen LogP contribution in [-0.4, -0.2) is 87.4 Å². The van der Waals surface area contributed by atoms with Gasteiger partial charge in [-0.25, -0.2) is 4.79 Å². The molecule has 600 valence electrons. The number of rotatable bonds is 82. The topological polar surface area (TPSA) is 108 Å². The van der Waals surface area contributed by atoms with Gasteiger partial charge in [0, 0.05) is 12.8 Å². The van der Waals surface area contributed by atoms with Crippen LogP contribution in [0.5, 0.6) is 0 Å². The first-order chi connectivity index (χ1) is 51.1. The van der Waals surface area contributed by atoms with Crippen LogP contribution in [0, 0.1) is 0 Å². The van der Waals surface area contributed by atoms with Crippen LogP contribution in [0.3, 0.4) is 0 Å². The van der Waals surface area contributed by atoms with E-state index in [9.17, 15) is 19.5 Å². The normalized spacial score (nSPS) is 13.2. The predicted octanol–water partition coefficient (Wildman–Crippen LogP) is 29.0. The number of carboxylic acid groups (broad SMARTS) is 1. The summed E-state index contributed by atoms with van der Waals surface area (Å²) in [6.45, 7) is 4.81. The molecule has 0 aliphatic heterocycles. The molecule has 0 bridgehead atoms. The van der Waals surface area contributed by atoms with Crippen LogP contribution in [0.1, 0.15) is 406 Å². The van der Waals surface area contributed by atoms with Crippen LogP contribution >= 0.6 is 0 Å². The number of ether oxygens (including phenoxy) is 4. The molecule has 1 N–H and O–H groups in total. The summed E-state index contributed by atoms with van der Waals surface area (Å²) in [5, 5.41) is 9.79. The number of likely N-dealkylation sites (N-methyl/N-ethyl adjacent to an activating group) is 1. The zero-order chi connectivity index (χ0) is 75.3. The third-order valence-electron chi connectivity index (χ3n) is 19.5. The standard InChI is InChI=1S/C95H167NO8/c1-6-8-10-12-14-16-18-20-22-24-26-28-30-32-34-36-38-40-42-44-46-47-48-50-52-54-56-58-60-62-64-66-68-70-72-74-76-78-80-82-84-86-93(98)104-91(90-103-95(94(99)100)101-88-87-96(3,4)5)89-102-92(97)85-83-81-79-77-75-73-71-69-67-65-63-61-59-57-55-53-51-49-45-43-41-39-37-35-33-31-29-27-25-23-21-19-17-15-13-11-9-7-2/h8,10,14,16,20,22,26,28,32,34,38,40,44,46,48,50,54,56,60,62,91,95H,6-7,9,11-13,15,17-19,21,23-25,27,29-31,33,35-37,39,41-43,45,47,49,51-53,55,57-59,61,63-90H2,1-5H3/p+1/b10-8-,16-14-,22-20-,28-26-,34-32-,40-38-,46-44-,50-48-,56-54-,62-60-. The van der Waals surface area contributed by atoms with Gasteiger partial charge in [-0.3, -0.25) is 9.59 Å². The largest absolute Gasteiger partial charge is 0.477 e. The highest BCUT2D eigenvalue weighted by atomic mass is 16.7. The Morgan fingerprint density at radius 1 is 0.298 bits per heavy atom. The van der Waals surface area contributed by atoms with Crippen molar-refractivity contribution in [1.82, 2.24) is 0 Å². The fourth-order valence-corrected chi connectivity index (χ4v) is 12.8. The molecule has 104 heavy (non-hydrogen) atoms. The summed E-state index contributed by atoms with van der Waals surface area (Å²) in [5.41, 5.74) is 0. The van der Waals surface area contributed by atoms with Crippen molar-refractivity contribution in [2.24, 2.45) is 0 Å². The number of carboxylic acids is 1. The number of allylic oxidation sites excluding steroid dienone is 20. The van der Waals surface area contributed by atoms with Crippen LogP contribution in [0.25, 0.3) is 0 Å². The lowest BCUT2D eigenvalue weighted by molar-refractivity contribution is -0.870. The number of aliphatic carboxylic acids is 1. The molecule has 9 nitrogen and oxygen atoms in total. The Balaban J connectivity index is 4.00. The number of carbonyl (C=O) groups is 3. The van der Waals surface area contributed by atoms with E-state index in [1.54, 1.807) is 0 Å². The first kappa shape index (κ1) is 99.7. The first-order valence-corrected chi connectivity index (χ1v) is 44.2. The predicted molar refractivity (Wildman–Crippen MR) is 451 cm³/mol. The van der Waals surface area contributed by atoms with Crippen molar-refractivity contribution < 1.29 is 42.9 Å². The second kappa shape index (κ2) is 84.3. The molecule has 0 heterocycles. The summed E-state index contributed by atoms with van der Waals surface area (Å²) >= 11 is 0. The summed E-state index contributed by atoms with van der Waals surface area (Å²) in [4.78, 5) is 37.8. The van der Waals surface area contributed by atoms with E-state index in [0.717, 1.165) is 109 Å².